The van der Waals surface area contributed by atoms with Gasteiger partial charge in [0, 0.05) is 31.4 Å². The first kappa shape index (κ1) is 22.7. The molecule has 166 valence electrons. The molecule has 3 rings (SSSR count). The molecule has 4 N–H and O–H groups in total. The van der Waals surface area contributed by atoms with Crippen molar-refractivity contribution in [1.82, 2.24) is 10.2 Å². The molecule has 0 saturated carbocycles. The topological polar surface area (TPSA) is 96.7 Å². The van der Waals surface area contributed by atoms with E-state index < -0.39 is 6.03 Å². The Bertz CT molecular complexity index is 885. The van der Waals surface area contributed by atoms with Crippen molar-refractivity contribution in [3.63, 3.8) is 0 Å². The molecule has 2 aromatic carbocycles. The van der Waals surface area contributed by atoms with Crippen LogP contribution in [0.5, 0.6) is 0 Å². The number of anilines is 1. The molecule has 1 saturated heterocycles. The molecule has 7 nitrogen and oxygen atoms in total. The van der Waals surface area contributed by atoms with Crippen LogP contribution in [0.3, 0.4) is 0 Å². The van der Waals surface area contributed by atoms with Crippen LogP contribution in [0.25, 0.3) is 0 Å². The van der Waals surface area contributed by atoms with E-state index >= 15 is 0 Å². The number of ether oxygens (including phenoxy) is 1. The highest BCUT2D eigenvalue weighted by Crippen LogP contribution is 2.19. The number of benzene rings is 2. The number of halogens is 1. The average Bonchev–Trinajstić information content (AvgIpc) is 2.76. The van der Waals surface area contributed by atoms with E-state index in [0.29, 0.717) is 45.0 Å². The minimum atomic E-state index is -0.610. The Morgan fingerprint density at radius 1 is 1.16 bits per heavy atom. The number of nitrogens with one attached hydrogen (secondary N) is 2. The van der Waals surface area contributed by atoms with Gasteiger partial charge in [-0.2, -0.15) is 0 Å². The second-order valence-corrected chi connectivity index (χ2v) is 7.71. The SMILES string of the molecule is CC(NCC(Cc1cccc(F)c1)C(=O)N1CCOCC1)c1ccc(NC(N)=O)cc1. The highest BCUT2D eigenvalue weighted by molar-refractivity contribution is 5.87. The molecule has 0 aromatic heterocycles. The minimum absolute atomic E-state index is 0.0184. The molecular weight excluding hydrogens is 399 g/mol. The van der Waals surface area contributed by atoms with Crippen molar-refractivity contribution in [3.05, 3.63) is 65.5 Å². The number of primary amides is 1. The summed E-state index contributed by atoms with van der Waals surface area (Å²) in [6.45, 7) is 4.68. The molecule has 0 bridgehead atoms. The van der Waals surface area contributed by atoms with Gasteiger partial charge in [0.25, 0.3) is 0 Å². The Morgan fingerprint density at radius 2 is 1.87 bits per heavy atom. The molecule has 1 heterocycles. The maximum atomic E-state index is 13.7. The third-order valence-electron chi connectivity index (χ3n) is 5.39. The smallest absolute Gasteiger partial charge is 0.316 e. The normalized spacial score (nSPS) is 15.9. The number of nitrogens with two attached hydrogens (primary N) is 1. The summed E-state index contributed by atoms with van der Waals surface area (Å²) in [5.74, 6) is -0.576. The predicted molar refractivity (Wildman–Crippen MR) is 117 cm³/mol. The summed E-state index contributed by atoms with van der Waals surface area (Å²) in [5, 5.41) is 5.96. The number of carbonyl (C=O) groups excluding carboxylic acids is 2. The Labute approximate surface area is 181 Å². The lowest BCUT2D eigenvalue weighted by molar-refractivity contribution is -0.139. The fourth-order valence-corrected chi connectivity index (χ4v) is 3.67. The summed E-state index contributed by atoms with van der Waals surface area (Å²) in [6.07, 6.45) is 0.454. The van der Waals surface area contributed by atoms with Gasteiger partial charge in [-0.15, -0.1) is 0 Å². The first-order valence-electron chi connectivity index (χ1n) is 10.4. The molecule has 31 heavy (non-hydrogen) atoms. The van der Waals surface area contributed by atoms with E-state index in [9.17, 15) is 14.0 Å². The fourth-order valence-electron chi connectivity index (χ4n) is 3.67. The van der Waals surface area contributed by atoms with Gasteiger partial charge < -0.3 is 26.0 Å². The monoisotopic (exact) mass is 428 g/mol. The molecule has 1 fully saturated rings. The third kappa shape index (κ3) is 6.77. The largest absolute Gasteiger partial charge is 0.378 e. The van der Waals surface area contributed by atoms with Crippen LogP contribution in [0.2, 0.25) is 0 Å². The summed E-state index contributed by atoms with van der Waals surface area (Å²) < 4.78 is 19.0. The van der Waals surface area contributed by atoms with Crippen LogP contribution in [0.1, 0.15) is 24.1 Å². The van der Waals surface area contributed by atoms with Crippen molar-refractivity contribution in [3.8, 4) is 0 Å². The van der Waals surface area contributed by atoms with Gasteiger partial charge in [-0.3, -0.25) is 4.79 Å². The van der Waals surface area contributed by atoms with Crippen LogP contribution in [0.4, 0.5) is 14.9 Å². The van der Waals surface area contributed by atoms with E-state index in [1.807, 2.05) is 30.0 Å². The van der Waals surface area contributed by atoms with Gasteiger partial charge in [0.05, 0.1) is 19.1 Å². The number of rotatable bonds is 8. The Morgan fingerprint density at radius 3 is 2.52 bits per heavy atom. The first-order valence-corrected chi connectivity index (χ1v) is 10.4. The second-order valence-electron chi connectivity index (χ2n) is 7.71. The first-order chi connectivity index (χ1) is 14.9. The Balaban J connectivity index is 1.66. The zero-order valence-electron chi connectivity index (χ0n) is 17.6. The van der Waals surface area contributed by atoms with Gasteiger partial charge in [-0.25, -0.2) is 9.18 Å². The molecule has 3 amide bonds. The summed E-state index contributed by atoms with van der Waals surface area (Å²) in [6, 6.07) is 13.1. The molecule has 0 radical (unpaired) electrons. The fraction of sp³-hybridized carbons (Fsp3) is 0.391. The standard InChI is InChI=1S/C23H29FN4O3/c1-16(18-5-7-21(8-6-18)27-23(25)30)26-15-19(13-17-3-2-4-20(24)14-17)22(29)28-9-11-31-12-10-28/h2-8,14,16,19,26H,9-13,15H2,1H3,(H3,25,27,30). The van der Waals surface area contributed by atoms with Gasteiger partial charge in [0.1, 0.15) is 5.82 Å². The third-order valence-corrected chi connectivity index (χ3v) is 5.39. The number of carbonyl (C=O) groups is 2. The number of hydrogen-bond acceptors (Lipinski definition) is 4. The summed E-state index contributed by atoms with van der Waals surface area (Å²) in [4.78, 5) is 26.0. The van der Waals surface area contributed by atoms with Crippen molar-refractivity contribution in [2.45, 2.75) is 19.4 Å². The van der Waals surface area contributed by atoms with Gasteiger partial charge in [0.2, 0.25) is 5.91 Å². The van der Waals surface area contributed by atoms with Gasteiger partial charge in [0.15, 0.2) is 0 Å². The molecule has 0 aliphatic carbocycles. The van der Waals surface area contributed by atoms with E-state index in [1.54, 1.807) is 18.2 Å². The minimum Gasteiger partial charge on any atom is -0.378 e. The summed E-state index contributed by atoms with van der Waals surface area (Å²) in [7, 11) is 0. The molecule has 2 aromatic rings. The molecule has 1 aliphatic heterocycles. The lowest BCUT2D eigenvalue weighted by Gasteiger charge is -2.31. The number of urea groups is 1. The number of morpholine rings is 1. The maximum absolute atomic E-state index is 13.7. The van der Waals surface area contributed by atoms with Crippen LogP contribution in [0, 0.1) is 11.7 Å². The average molecular weight is 429 g/mol. The molecule has 8 heteroatoms. The van der Waals surface area contributed by atoms with Crippen molar-refractivity contribution >= 4 is 17.6 Å². The molecule has 0 spiro atoms. The van der Waals surface area contributed by atoms with Crippen molar-refractivity contribution in [2.24, 2.45) is 11.7 Å². The van der Waals surface area contributed by atoms with E-state index in [-0.39, 0.29) is 23.7 Å². The molecule has 2 atom stereocenters. The molecular formula is C23H29FN4O3. The summed E-state index contributed by atoms with van der Waals surface area (Å²) >= 11 is 0. The number of nitrogens with zero attached hydrogens (tertiary/aromatic N) is 1. The van der Waals surface area contributed by atoms with Gasteiger partial charge >= 0.3 is 6.03 Å². The van der Waals surface area contributed by atoms with E-state index in [0.717, 1.165) is 11.1 Å². The zero-order chi connectivity index (χ0) is 22.2. The Hall–Kier alpha value is -2.97. The van der Waals surface area contributed by atoms with Crippen LogP contribution in [-0.4, -0.2) is 49.7 Å². The number of amides is 3. The lowest BCUT2D eigenvalue weighted by atomic mass is 9.96. The maximum Gasteiger partial charge on any atom is 0.316 e. The molecule has 2 unspecified atom stereocenters. The lowest BCUT2D eigenvalue weighted by Crippen LogP contribution is -2.46. The van der Waals surface area contributed by atoms with E-state index in [1.165, 1.54) is 12.1 Å². The van der Waals surface area contributed by atoms with Crippen LogP contribution < -0.4 is 16.4 Å². The highest BCUT2D eigenvalue weighted by atomic mass is 19.1. The highest BCUT2D eigenvalue weighted by Gasteiger charge is 2.26. The van der Waals surface area contributed by atoms with Crippen LogP contribution in [0.15, 0.2) is 48.5 Å². The van der Waals surface area contributed by atoms with Crippen LogP contribution >= 0.6 is 0 Å². The van der Waals surface area contributed by atoms with Crippen molar-refractivity contribution in [1.29, 1.82) is 0 Å². The Kier molecular flexibility index (Phi) is 7.97. The number of hydrogen-bond donors (Lipinski definition) is 3. The van der Waals surface area contributed by atoms with Crippen LogP contribution in [-0.2, 0) is 16.0 Å². The molecule has 1 aliphatic rings. The second kappa shape index (κ2) is 10.9. The van der Waals surface area contributed by atoms with E-state index in [4.69, 9.17) is 10.5 Å². The quantitative estimate of drug-likeness (QED) is 0.602. The zero-order valence-corrected chi connectivity index (χ0v) is 17.6. The predicted octanol–water partition coefficient (Wildman–Crippen LogP) is 2.68. The van der Waals surface area contributed by atoms with Gasteiger partial charge in [-0.1, -0.05) is 24.3 Å². The van der Waals surface area contributed by atoms with Gasteiger partial charge in [-0.05, 0) is 48.7 Å². The van der Waals surface area contributed by atoms with Crippen molar-refractivity contribution < 1.29 is 18.7 Å². The summed E-state index contributed by atoms with van der Waals surface area (Å²) in [5.41, 5.74) is 7.56. The van der Waals surface area contributed by atoms with E-state index in [2.05, 4.69) is 10.6 Å². The van der Waals surface area contributed by atoms with Crippen molar-refractivity contribution in [2.75, 3.05) is 38.2 Å².